The first-order valence-corrected chi connectivity index (χ1v) is 16.5. The van der Waals surface area contributed by atoms with Crippen LogP contribution < -0.4 is 5.32 Å². The van der Waals surface area contributed by atoms with E-state index in [1.54, 1.807) is 4.90 Å². The molecule has 3 aliphatic heterocycles. The highest BCUT2D eigenvalue weighted by molar-refractivity contribution is 8.15. The van der Waals surface area contributed by atoms with Crippen molar-refractivity contribution in [2.45, 2.75) is 63.8 Å². The fourth-order valence-corrected chi connectivity index (χ4v) is 7.74. The Labute approximate surface area is 267 Å². The third-order valence-electron chi connectivity index (χ3n) is 9.11. The van der Waals surface area contributed by atoms with Crippen molar-refractivity contribution in [3.05, 3.63) is 74.9 Å². The molecule has 3 heterocycles. The van der Waals surface area contributed by atoms with E-state index in [9.17, 15) is 37.4 Å². The van der Waals surface area contributed by atoms with Crippen LogP contribution in [0.5, 0.6) is 0 Å². The van der Waals surface area contributed by atoms with Crippen molar-refractivity contribution in [3.8, 4) is 0 Å². The Morgan fingerprint density at radius 2 is 1.70 bits per heavy atom. The molecule has 46 heavy (non-hydrogen) atoms. The highest BCUT2D eigenvalue weighted by Crippen LogP contribution is 2.37. The topological polar surface area (TPSA) is 105 Å². The van der Waals surface area contributed by atoms with Crippen LogP contribution in [0.3, 0.4) is 0 Å². The largest absolute Gasteiger partial charge is 0.419 e. The number of aryl methyl sites for hydroxylation is 2. The van der Waals surface area contributed by atoms with Crippen LogP contribution in [0, 0.1) is 19.7 Å². The van der Waals surface area contributed by atoms with E-state index in [1.165, 1.54) is 6.07 Å². The number of amidine groups is 1. The van der Waals surface area contributed by atoms with Crippen molar-refractivity contribution >= 4 is 39.8 Å². The average Bonchev–Trinajstić information content (AvgIpc) is 3.33. The maximum absolute atomic E-state index is 13.8. The molecule has 0 aromatic heterocycles. The van der Waals surface area contributed by atoms with Gasteiger partial charge < -0.3 is 20.4 Å². The lowest BCUT2D eigenvalue weighted by Crippen LogP contribution is -2.48. The molecule has 1 atom stereocenters. The number of likely N-dealkylation sites (tertiary alicyclic amines) is 1. The minimum Gasteiger partial charge on any atom is -0.393 e. The number of aliphatic hydroxyl groups excluding tert-OH is 1. The molecule has 1 spiro atoms. The van der Waals surface area contributed by atoms with Crippen molar-refractivity contribution in [2.75, 3.05) is 32.8 Å². The molecule has 0 aliphatic carbocycles. The van der Waals surface area contributed by atoms with Gasteiger partial charge in [0.1, 0.15) is 17.2 Å². The molecular weight excluding hydrogens is 624 g/mol. The molecule has 2 aromatic rings. The summed E-state index contributed by atoms with van der Waals surface area (Å²) in [7, 11) is -0.388. The first-order chi connectivity index (χ1) is 21.7. The zero-order valence-electron chi connectivity index (χ0n) is 26.0. The van der Waals surface area contributed by atoms with Gasteiger partial charge in [-0.3, -0.25) is 18.9 Å². The quantitative estimate of drug-likeness (QED) is 0.305. The smallest absolute Gasteiger partial charge is 0.393 e. The molecule has 2 fully saturated rings. The van der Waals surface area contributed by atoms with Gasteiger partial charge in [-0.15, -0.1) is 0 Å². The Bertz CT molecular complexity index is 1600. The van der Waals surface area contributed by atoms with Crippen molar-refractivity contribution in [2.24, 2.45) is 4.99 Å². The maximum atomic E-state index is 13.8. The van der Waals surface area contributed by atoms with Gasteiger partial charge in [-0.05, 0) is 110 Å². The molecule has 2 aromatic carbocycles. The minimum atomic E-state index is -4.87. The average molecular weight is 663 g/mol. The summed E-state index contributed by atoms with van der Waals surface area (Å²) in [6, 6.07) is 6.33. The van der Waals surface area contributed by atoms with Gasteiger partial charge in [-0.1, -0.05) is 10.7 Å². The van der Waals surface area contributed by atoms with Gasteiger partial charge in [-0.2, -0.15) is 13.2 Å². The second-order valence-corrected chi connectivity index (χ2v) is 14.1. The molecule has 248 valence electrons. The van der Waals surface area contributed by atoms with Crippen LogP contribution in [-0.4, -0.2) is 86.4 Å². The predicted molar refractivity (Wildman–Crippen MR) is 171 cm³/mol. The molecule has 3 N–H and O–H groups in total. The number of amides is 2. The summed E-state index contributed by atoms with van der Waals surface area (Å²) in [5, 5.41) is 26.5. The third kappa shape index (κ3) is 6.83. The number of carbonyl (C=O) groups is 2. The van der Waals surface area contributed by atoms with Crippen LogP contribution in [0.15, 0.2) is 40.7 Å². The number of alkyl halides is 3. The Hall–Kier alpha value is -3.39. The number of aliphatic imine (C=N–C) groups is 1. The molecule has 2 amide bonds. The third-order valence-corrected chi connectivity index (χ3v) is 11.0. The number of nitrogens with zero attached hydrogens (tertiary/aromatic N) is 3. The normalized spacial score (nSPS) is 20.8. The standard InChI is InChI=1S/C33H38F4N4O4S/c1-4-46(16-7-25-21(2)17-24(18-22(25)3)29(43)40-12-8-31(45,20-42)9-13-40)41-14-10-32(11-15-41)30(44)38-28(39-32)23-5-6-27(34)26(19-23)33(35,36)37/h4-7,16-19,42,45H,8-15,20H2,1-3H3,(H,38,39,44)/b16-7+. The lowest BCUT2D eigenvalue weighted by Gasteiger charge is -2.37. The second kappa shape index (κ2) is 13.0. The fourth-order valence-electron chi connectivity index (χ4n) is 6.23. The predicted octanol–water partition coefficient (Wildman–Crippen LogP) is 4.81. The van der Waals surface area contributed by atoms with E-state index in [4.69, 9.17) is 0 Å². The Kier molecular flexibility index (Phi) is 9.61. The Morgan fingerprint density at radius 1 is 1.07 bits per heavy atom. The number of carbonyl (C=O) groups excluding carboxylic acids is 2. The number of halogens is 4. The van der Waals surface area contributed by atoms with Crippen molar-refractivity contribution in [1.29, 1.82) is 0 Å². The van der Waals surface area contributed by atoms with Gasteiger partial charge in [0.25, 0.3) is 11.8 Å². The van der Waals surface area contributed by atoms with Gasteiger partial charge in [-0.25, -0.2) is 4.39 Å². The second-order valence-electron chi connectivity index (χ2n) is 12.2. The van der Waals surface area contributed by atoms with Gasteiger partial charge in [0.2, 0.25) is 0 Å². The lowest BCUT2D eigenvalue weighted by molar-refractivity contribution is -0.140. The van der Waals surface area contributed by atoms with E-state index in [2.05, 4.69) is 25.4 Å². The van der Waals surface area contributed by atoms with Crippen molar-refractivity contribution < 1.29 is 37.4 Å². The summed E-state index contributed by atoms with van der Waals surface area (Å²) in [5.74, 6) is -1.84. The number of hydrogen-bond donors (Lipinski definition) is 3. The highest BCUT2D eigenvalue weighted by Gasteiger charge is 2.46. The molecular formula is C33H38F4N4O4S. The molecule has 0 radical (unpaired) electrons. The van der Waals surface area contributed by atoms with E-state index >= 15 is 0 Å². The van der Waals surface area contributed by atoms with Crippen LogP contribution in [-0.2, 0) is 11.0 Å². The minimum absolute atomic E-state index is 0.00854. The van der Waals surface area contributed by atoms with Crippen LogP contribution >= 0.6 is 10.7 Å². The Balaban J connectivity index is 1.25. The van der Waals surface area contributed by atoms with Gasteiger partial charge in [0.05, 0.1) is 17.8 Å². The van der Waals surface area contributed by atoms with Gasteiger partial charge >= 0.3 is 6.18 Å². The molecule has 13 heteroatoms. The summed E-state index contributed by atoms with van der Waals surface area (Å²) in [4.78, 5) is 32.5. The van der Waals surface area contributed by atoms with Gasteiger partial charge in [0.15, 0.2) is 0 Å². The van der Waals surface area contributed by atoms with Crippen LogP contribution in [0.1, 0.15) is 70.8 Å². The SMILES string of the molecule is C/C=S(\C=C\c1c(C)cc(C(=O)N2CCC(O)(CO)CC2)cc1C)N1CCC2(CC1)N=C(c1ccc(F)c(C(F)(F)F)c1)NC2=O. The summed E-state index contributed by atoms with van der Waals surface area (Å²) in [5.41, 5.74) is -0.153. The number of piperidine rings is 2. The van der Waals surface area contributed by atoms with Gasteiger partial charge in [0, 0.05) is 37.3 Å². The van der Waals surface area contributed by atoms with Crippen molar-refractivity contribution in [3.63, 3.8) is 0 Å². The number of aliphatic hydroxyl groups is 2. The first-order valence-electron chi connectivity index (χ1n) is 15.2. The molecule has 0 saturated carbocycles. The molecule has 8 nitrogen and oxygen atoms in total. The fraction of sp³-hybridized carbons (Fsp3) is 0.455. The van der Waals surface area contributed by atoms with E-state index in [1.807, 2.05) is 39.0 Å². The van der Waals surface area contributed by atoms with E-state index in [0.717, 1.165) is 22.8 Å². The van der Waals surface area contributed by atoms with Crippen molar-refractivity contribution in [1.82, 2.24) is 14.5 Å². The highest BCUT2D eigenvalue weighted by atomic mass is 32.2. The summed E-state index contributed by atoms with van der Waals surface area (Å²) >= 11 is 0. The summed E-state index contributed by atoms with van der Waals surface area (Å²) < 4.78 is 55.8. The molecule has 3 aliphatic rings. The number of rotatable bonds is 6. The molecule has 5 rings (SSSR count). The number of hydrogen-bond acceptors (Lipinski definition) is 6. The van der Waals surface area contributed by atoms with E-state index < -0.39 is 28.7 Å². The lowest BCUT2D eigenvalue weighted by atomic mass is 9.89. The number of benzene rings is 2. The molecule has 1 unspecified atom stereocenters. The monoisotopic (exact) mass is 662 g/mol. The van der Waals surface area contributed by atoms with Crippen LogP contribution in [0.25, 0.3) is 6.08 Å². The summed E-state index contributed by atoms with van der Waals surface area (Å²) in [6.45, 7) is 7.37. The maximum Gasteiger partial charge on any atom is 0.419 e. The first kappa shape index (κ1) is 34.0. The number of nitrogens with one attached hydrogen (secondary N) is 1. The summed E-state index contributed by atoms with van der Waals surface area (Å²) in [6.07, 6.45) is -1.41. The zero-order valence-corrected chi connectivity index (χ0v) is 26.8. The molecule has 0 bridgehead atoms. The zero-order chi connectivity index (χ0) is 33.4. The van der Waals surface area contributed by atoms with Crippen LogP contribution in [0.2, 0.25) is 0 Å². The van der Waals surface area contributed by atoms with E-state index in [0.29, 0.717) is 63.5 Å². The Morgan fingerprint density at radius 3 is 2.26 bits per heavy atom. The van der Waals surface area contributed by atoms with E-state index in [-0.39, 0.29) is 40.5 Å². The molecule has 2 saturated heterocycles. The van der Waals surface area contributed by atoms with Crippen LogP contribution in [0.4, 0.5) is 17.6 Å².